The number of hydrogen-bond donors (Lipinski definition) is 1. The van der Waals surface area contributed by atoms with Gasteiger partial charge in [0, 0.05) is 32.8 Å². The summed E-state index contributed by atoms with van der Waals surface area (Å²) in [5.41, 5.74) is 2.42. The minimum Gasteiger partial charge on any atom is -0.379 e. The zero-order valence-electron chi connectivity index (χ0n) is 12.9. The summed E-state index contributed by atoms with van der Waals surface area (Å²) in [7, 11) is 0. The van der Waals surface area contributed by atoms with Crippen LogP contribution in [0.15, 0.2) is 24.3 Å². The maximum atomic E-state index is 12.0. The second-order valence-corrected chi connectivity index (χ2v) is 5.93. The topological polar surface area (TPSA) is 50.8 Å². The van der Waals surface area contributed by atoms with E-state index in [2.05, 4.69) is 34.5 Å². The first kappa shape index (κ1) is 15.5. The van der Waals surface area contributed by atoms with Crippen LogP contribution >= 0.6 is 0 Å². The van der Waals surface area contributed by atoms with Gasteiger partial charge in [-0.05, 0) is 24.0 Å². The molecule has 2 saturated heterocycles. The molecule has 120 valence electrons. The lowest BCUT2D eigenvalue weighted by molar-refractivity contribution is -0.130. The molecule has 5 nitrogen and oxygen atoms in total. The number of amides is 1. The average molecular weight is 304 g/mol. The smallest absolute Gasteiger partial charge is 0.249 e. The molecule has 1 N–H and O–H groups in total. The van der Waals surface area contributed by atoms with Crippen molar-refractivity contribution in [3.8, 4) is 0 Å². The van der Waals surface area contributed by atoms with Crippen LogP contribution in [0.1, 0.15) is 24.0 Å². The Kier molecular flexibility index (Phi) is 5.43. The van der Waals surface area contributed by atoms with Crippen LogP contribution in [0, 0.1) is 0 Å². The maximum Gasteiger partial charge on any atom is 0.249 e. The Hall–Kier alpha value is -1.43. The van der Waals surface area contributed by atoms with E-state index in [0.29, 0.717) is 13.2 Å². The van der Waals surface area contributed by atoms with Crippen LogP contribution in [0.25, 0.3) is 0 Å². The summed E-state index contributed by atoms with van der Waals surface area (Å²) in [6, 6.07) is 8.42. The number of hydrogen-bond acceptors (Lipinski definition) is 4. The third kappa shape index (κ3) is 4.29. The molecule has 1 atom stereocenters. The maximum absolute atomic E-state index is 12.0. The molecule has 0 radical (unpaired) electrons. The van der Waals surface area contributed by atoms with Crippen molar-refractivity contribution in [1.29, 1.82) is 0 Å². The number of carbonyl (C=O) groups excluding carboxylic acids is 1. The second kappa shape index (κ2) is 7.72. The van der Waals surface area contributed by atoms with Crippen LogP contribution in [0.3, 0.4) is 0 Å². The van der Waals surface area contributed by atoms with Crippen molar-refractivity contribution >= 4 is 5.91 Å². The van der Waals surface area contributed by atoms with Crippen molar-refractivity contribution in [2.75, 3.05) is 32.9 Å². The van der Waals surface area contributed by atoms with Crippen molar-refractivity contribution in [2.24, 2.45) is 0 Å². The summed E-state index contributed by atoms with van der Waals surface area (Å²) >= 11 is 0. The van der Waals surface area contributed by atoms with E-state index in [1.54, 1.807) is 0 Å². The monoisotopic (exact) mass is 304 g/mol. The highest BCUT2D eigenvalue weighted by atomic mass is 16.5. The Morgan fingerprint density at radius 1 is 1.23 bits per heavy atom. The van der Waals surface area contributed by atoms with Crippen molar-refractivity contribution in [2.45, 2.75) is 32.0 Å². The second-order valence-electron chi connectivity index (χ2n) is 5.93. The molecule has 0 spiro atoms. The van der Waals surface area contributed by atoms with Crippen LogP contribution in [0.2, 0.25) is 0 Å². The Morgan fingerprint density at radius 3 is 2.82 bits per heavy atom. The van der Waals surface area contributed by atoms with E-state index in [1.165, 1.54) is 5.56 Å². The third-order valence-electron chi connectivity index (χ3n) is 4.19. The van der Waals surface area contributed by atoms with Crippen LogP contribution in [0.5, 0.6) is 0 Å². The van der Waals surface area contributed by atoms with E-state index in [-0.39, 0.29) is 12.0 Å². The molecule has 5 heteroatoms. The zero-order chi connectivity index (χ0) is 15.2. The van der Waals surface area contributed by atoms with Crippen molar-refractivity contribution in [1.82, 2.24) is 10.2 Å². The summed E-state index contributed by atoms with van der Waals surface area (Å²) < 4.78 is 10.8. The molecule has 2 fully saturated rings. The molecule has 0 saturated carbocycles. The fraction of sp³-hybridized carbons (Fsp3) is 0.588. The predicted molar refractivity (Wildman–Crippen MR) is 83.4 cm³/mol. The molecule has 1 aromatic carbocycles. The highest BCUT2D eigenvalue weighted by molar-refractivity contribution is 5.80. The summed E-state index contributed by atoms with van der Waals surface area (Å²) in [6.07, 6.45) is 1.56. The number of carbonyl (C=O) groups is 1. The minimum atomic E-state index is -0.253. The molecule has 2 aliphatic heterocycles. The largest absolute Gasteiger partial charge is 0.379 e. The number of nitrogens with zero attached hydrogens (tertiary/aromatic N) is 1. The van der Waals surface area contributed by atoms with Crippen molar-refractivity contribution in [3.05, 3.63) is 35.4 Å². The summed E-state index contributed by atoms with van der Waals surface area (Å²) in [4.78, 5) is 14.4. The van der Waals surface area contributed by atoms with Gasteiger partial charge in [0.15, 0.2) is 0 Å². The Morgan fingerprint density at radius 2 is 2.05 bits per heavy atom. The molecule has 1 amide bonds. The number of ether oxygens (including phenoxy) is 2. The van der Waals surface area contributed by atoms with Crippen LogP contribution < -0.4 is 5.32 Å². The quantitative estimate of drug-likeness (QED) is 0.891. The van der Waals surface area contributed by atoms with Gasteiger partial charge in [-0.2, -0.15) is 0 Å². The summed E-state index contributed by atoms with van der Waals surface area (Å²) in [5.74, 6) is 0.0103. The van der Waals surface area contributed by atoms with Gasteiger partial charge in [0.2, 0.25) is 5.91 Å². The van der Waals surface area contributed by atoms with Gasteiger partial charge in [-0.15, -0.1) is 0 Å². The van der Waals surface area contributed by atoms with Gasteiger partial charge in [-0.25, -0.2) is 0 Å². The van der Waals surface area contributed by atoms with Crippen molar-refractivity contribution < 1.29 is 14.3 Å². The highest BCUT2D eigenvalue weighted by Crippen LogP contribution is 2.13. The standard InChI is InChI=1S/C17H24N2O3/c20-17(16-5-2-8-22-16)18-12-14-3-1-4-15(11-14)13-19-6-9-21-10-7-19/h1,3-4,11,16H,2,5-10,12-13H2,(H,18,20)/t16-/m0/s1. The molecular weight excluding hydrogens is 280 g/mol. The normalized spacial score (nSPS) is 22.6. The number of rotatable bonds is 5. The molecule has 1 aromatic rings. The van der Waals surface area contributed by atoms with Crippen LogP contribution in [-0.4, -0.2) is 49.8 Å². The summed E-state index contributed by atoms with van der Waals surface area (Å²) in [5, 5.41) is 2.97. The van der Waals surface area contributed by atoms with Gasteiger partial charge >= 0.3 is 0 Å². The Labute approximate surface area is 131 Å². The first-order valence-electron chi connectivity index (χ1n) is 8.08. The van der Waals surface area contributed by atoms with E-state index in [4.69, 9.17) is 9.47 Å². The van der Waals surface area contributed by atoms with E-state index in [1.807, 2.05) is 0 Å². The van der Waals surface area contributed by atoms with Gasteiger partial charge in [-0.1, -0.05) is 24.3 Å². The molecule has 0 aliphatic carbocycles. The molecule has 22 heavy (non-hydrogen) atoms. The lowest BCUT2D eigenvalue weighted by Crippen LogP contribution is -2.35. The molecule has 0 bridgehead atoms. The summed E-state index contributed by atoms with van der Waals surface area (Å²) in [6.45, 7) is 5.81. The van der Waals surface area contributed by atoms with Crippen LogP contribution in [0.4, 0.5) is 0 Å². The molecule has 2 aliphatic rings. The first-order valence-corrected chi connectivity index (χ1v) is 8.08. The lowest BCUT2D eigenvalue weighted by atomic mass is 10.1. The fourth-order valence-corrected chi connectivity index (χ4v) is 2.94. The van der Waals surface area contributed by atoms with E-state index < -0.39 is 0 Å². The highest BCUT2D eigenvalue weighted by Gasteiger charge is 2.23. The van der Waals surface area contributed by atoms with E-state index in [9.17, 15) is 4.79 Å². The SMILES string of the molecule is O=C(NCc1cccc(CN2CCOCC2)c1)[C@@H]1CCCO1. The molecule has 3 rings (SSSR count). The van der Waals surface area contributed by atoms with Gasteiger partial charge < -0.3 is 14.8 Å². The van der Waals surface area contributed by atoms with Crippen LogP contribution in [-0.2, 0) is 27.4 Å². The molecule has 0 unspecified atom stereocenters. The average Bonchev–Trinajstić information content (AvgIpc) is 3.08. The van der Waals surface area contributed by atoms with E-state index in [0.717, 1.165) is 51.3 Å². The Bertz CT molecular complexity index is 494. The Balaban J connectivity index is 1.50. The van der Waals surface area contributed by atoms with Gasteiger partial charge in [0.25, 0.3) is 0 Å². The lowest BCUT2D eigenvalue weighted by Gasteiger charge is -2.26. The molecule has 0 aromatic heterocycles. The number of nitrogens with one attached hydrogen (secondary N) is 1. The van der Waals surface area contributed by atoms with E-state index >= 15 is 0 Å². The predicted octanol–water partition coefficient (Wildman–Crippen LogP) is 1.31. The number of morpholine rings is 1. The van der Waals surface area contributed by atoms with Gasteiger partial charge in [0.1, 0.15) is 6.10 Å². The minimum absolute atomic E-state index is 0.0103. The fourth-order valence-electron chi connectivity index (χ4n) is 2.94. The third-order valence-corrected chi connectivity index (χ3v) is 4.19. The molecule has 2 heterocycles. The zero-order valence-corrected chi connectivity index (χ0v) is 12.9. The van der Waals surface area contributed by atoms with Gasteiger partial charge in [-0.3, -0.25) is 9.69 Å². The number of benzene rings is 1. The van der Waals surface area contributed by atoms with Gasteiger partial charge in [0.05, 0.1) is 13.2 Å². The molecular formula is C17H24N2O3. The van der Waals surface area contributed by atoms with Crippen molar-refractivity contribution in [3.63, 3.8) is 0 Å². The first-order chi connectivity index (χ1) is 10.8.